The molecule has 3 heterocycles. The molecule has 7 rings (SSSR count). The molecular weight excluding hydrogens is 759 g/mol. The van der Waals surface area contributed by atoms with Gasteiger partial charge < -0.3 is 19.1 Å². The Balaban J connectivity index is 0.00000372. The predicted octanol–water partition coefficient (Wildman–Crippen LogP) is 8.00. The molecule has 0 fully saturated rings. The van der Waals surface area contributed by atoms with Crippen LogP contribution in [-0.4, -0.2) is 47.5 Å². The van der Waals surface area contributed by atoms with Crippen molar-refractivity contribution >= 4 is 33.2 Å². The fourth-order valence-electron chi connectivity index (χ4n) is 5.77. The SMILES string of the molecule is Cc1cc(N(C)C)c(-c2cnn(-c3[c-]c(Oc4[c-]c5c(cc4)c4ccccc4n5-c4cc(F)ccn4)ccc3)c2)c(N(C)C)c1.[Pt+2]. The third kappa shape index (κ3) is 5.65. The van der Waals surface area contributed by atoms with Crippen LogP contribution < -0.4 is 14.5 Å². The first-order valence-electron chi connectivity index (χ1n) is 14.6. The number of hydrogen-bond acceptors (Lipinski definition) is 5. The summed E-state index contributed by atoms with van der Waals surface area (Å²) >= 11 is 0. The summed E-state index contributed by atoms with van der Waals surface area (Å²) in [5.41, 5.74) is 7.94. The van der Waals surface area contributed by atoms with Gasteiger partial charge in [0, 0.05) is 86.2 Å². The number of ether oxygens (including phenoxy) is 1. The molecule has 0 aliphatic rings. The minimum absolute atomic E-state index is 0. The first kappa shape index (κ1) is 31.1. The number of fused-ring (bicyclic) bond motifs is 3. The molecule has 0 saturated heterocycles. The van der Waals surface area contributed by atoms with E-state index in [0.29, 0.717) is 17.3 Å². The van der Waals surface area contributed by atoms with Crippen molar-refractivity contribution in [2.75, 3.05) is 38.0 Å². The van der Waals surface area contributed by atoms with E-state index in [0.717, 1.165) is 50.0 Å². The third-order valence-electron chi connectivity index (χ3n) is 7.79. The van der Waals surface area contributed by atoms with Crippen molar-refractivity contribution in [3.8, 4) is 34.1 Å². The molecule has 46 heavy (non-hydrogen) atoms. The summed E-state index contributed by atoms with van der Waals surface area (Å²) in [7, 11) is 8.22. The molecule has 7 aromatic rings. The van der Waals surface area contributed by atoms with Gasteiger partial charge in [0.2, 0.25) is 0 Å². The molecule has 0 amide bonds. The maximum atomic E-state index is 14.2. The molecule has 7 nitrogen and oxygen atoms in total. The van der Waals surface area contributed by atoms with Crippen LogP contribution in [0.1, 0.15) is 5.56 Å². The largest absolute Gasteiger partial charge is 2.00 e. The van der Waals surface area contributed by atoms with E-state index in [1.165, 1.54) is 23.9 Å². The molecule has 0 aliphatic carbocycles. The summed E-state index contributed by atoms with van der Waals surface area (Å²) in [5.74, 6) is 1.14. The maximum Gasteiger partial charge on any atom is 2.00 e. The Kier molecular flexibility index (Phi) is 8.41. The molecule has 0 aliphatic heterocycles. The van der Waals surface area contributed by atoms with E-state index in [-0.39, 0.29) is 26.9 Å². The van der Waals surface area contributed by atoms with Crippen molar-refractivity contribution in [3.05, 3.63) is 121 Å². The van der Waals surface area contributed by atoms with Crippen molar-refractivity contribution in [3.63, 3.8) is 0 Å². The number of pyridine rings is 1. The summed E-state index contributed by atoms with van der Waals surface area (Å²) in [6.07, 6.45) is 5.37. The van der Waals surface area contributed by atoms with Crippen molar-refractivity contribution in [2.24, 2.45) is 0 Å². The van der Waals surface area contributed by atoms with Gasteiger partial charge in [0.15, 0.2) is 0 Å². The van der Waals surface area contributed by atoms with E-state index in [9.17, 15) is 4.39 Å². The van der Waals surface area contributed by atoms with Gasteiger partial charge in [-0.05, 0) is 47.8 Å². The average Bonchev–Trinajstić information content (AvgIpc) is 3.64. The molecule has 9 heteroatoms. The molecular formula is C37H31FN6OPt. The van der Waals surface area contributed by atoms with Gasteiger partial charge in [-0.3, -0.25) is 4.68 Å². The molecule has 0 unspecified atom stereocenters. The van der Waals surface area contributed by atoms with Crippen LogP contribution in [0, 0.1) is 24.9 Å². The molecule has 0 bridgehead atoms. The Morgan fingerprint density at radius 3 is 2.28 bits per heavy atom. The molecule has 4 aromatic carbocycles. The van der Waals surface area contributed by atoms with Crippen molar-refractivity contribution in [1.82, 2.24) is 19.3 Å². The second-order valence-electron chi connectivity index (χ2n) is 11.4. The molecule has 0 N–H and O–H groups in total. The summed E-state index contributed by atoms with van der Waals surface area (Å²) in [6.45, 7) is 2.11. The zero-order valence-corrected chi connectivity index (χ0v) is 28.3. The van der Waals surface area contributed by atoms with Gasteiger partial charge >= 0.3 is 21.1 Å². The quantitative estimate of drug-likeness (QED) is 0.153. The fourth-order valence-corrected chi connectivity index (χ4v) is 5.77. The second kappa shape index (κ2) is 12.5. The number of aryl methyl sites for hydroxylation is 1. The van der Waals surface area contributed by atoms with E-state index in [1.54, 1.807) is 4.68 Å². The second-order valence-corrected chi connectivity index (χ2v) is 11.4. The number of nitrogens with zero attached hydrogens (tertiary/aromatic N) is 6. The number of hydrogen-bond donors (Lipinski definition) is 0. The molecule has 3 aromatic heterocycles. The van der Waals surface area contributed by atoms with Crippen LogP contribution in [0.5, 0.6) is 11.5 Å². The molecule has 0 atom stereocenters. The minimum Gasteiger partial charge on any atom is -0.509 e. The topological polar surface area (TPSA) is 51.4 Å². The van der Waals surface area contributed by atoms with Crippen LogP contribution in [0.3, 0.4) is 0 Å². The monoisotopic (exact) mass is 789 g/mol. The average molecular weight is 790 g/mol. The molecule has 0 radical (unpaired) electrons. The number of rotatable bonds is 7. The van der Waals surface area contributed by atoms with E-state index < -0.39 is 0 Å². The van der Waals surface area contributed by atoms with E-state index >= 15 is 0 Å². The summed E-state index contributed by atoms with van der Waals surface area (Å²) in [6, 6.07) is 31.5. The van der Waals surface area contributed by atoms with Gasteiger partial charge in [0.25, 0.3) is 0 Å². The normalized spacial score (nSPS) is 11.1. The van der Waals surface area contributed by atoms with Crippen molar-refractivity contribution in [2.45, 2.75) is 6.92 Å². The van der Waals surface area contributed by atoms with Gasteiger partial charge in [-0.25, -0.2) is 9.37 Å². The summed E-state index contributed by atoms with van der Waals surface area (Å²) < 4.78 is 24.2. The third-order valence-corrected chi connectivity index (χ3v) is 7.79. The fraction of sp³-hybridized carbons (Fsp3) is 0.135. The number of benzene rings is 4. The van der Waals surface area contributed by atoms with Crippen molar-refractivity contribution in [1.29, 1.82) is 0 Å². The van der Waals surface area contributed by atoms with Crippen LogP contribution in [0.15, 0.2) is 97.5 Å². The first-order chi connectivity index (χ1) is 21.8. The van der Waals surface area contributed by atoms with Crippen LogP contribution in [-0.2, 0) is 21.1 Å². The Hall–Kier alpha value is -4.94. The number of anilines is 2. The standard InChI is InChI=1S/C37H31FN6O.Pt/c1-24-17-34(41(2)3)37(35(18-24)42(4)5)25-22-40-43(23-25)27-9-8-10-28(20-27)45-29-13-14-31-30-11-6-7-12-32(30)44(33(31)21-29)36-19-26(38)15-16-39-36;/h6-19,22-23H,1-5H3;/q-2;+2. The van der Waals surface area contributed by atoms with Gasteiger partial charge in [0.1, 0.15) is 11.6 Å². The van der Waals surface area contributed by atoms with E-state index in [4.69, 9.17) is 9.84 Å². The van der Waals surface area contributed by atoms with Gasteiger partial charge in [-0.1, -0.05) is 23.7 Å². The number of para-hydroxylation sites is 1. The smallest absolute Gasteiger partial charge is 0.509 e. The molecule has 0 spiro atoms. The van der Waals surface area contributed by atoms with Crippen molar-refractivity contribution < 1.29 is 30.2 Å². The van der Waals surface area contributed by atoms with Gasteiger partial charge in [0.05, 0.1) is 6.20 Å². The molecule has 0 saturated carbocycles. The Bertz CT molecular complexity index is 2170. The molecule has 232 valence electrons. The first-order valence-corrected chi connectivity index (χ1v) is 14.6. The Morgan fingerprint density at radius 1 is 0.804 bits per heavy atom. The summed E-state index contributed by atoms with van der Waals surface area (Å²) in [4.78, 5) is 8.70. The minimum atomic E-state index is -0.357. The van der Waals surface area contributed by atoms with Crippen LogP contribution in [0.25, 0.3) is 44.4 Å². The summed E-state index contributed by atoms with van der Waals surface area (Å²) in [5, 5.41) is 6.69. The van der Waals surface area contributed by atoms with Crippen LogP contribution in [0.2, 0.25) is 0 Å². The maximum absolute atomic E-state index is 14.2. The van der Waals surface area contributed by atoms with Crippen LogP contribution >= 0.6 is 0 Å². The number of aromatic nitrogens is 4. The van der Waals surface area contributed by atoms with Gasteiger partial charge in [-0.2, -0.15) is 17.2 Å². The van der Waals surface area contributed by atoms with E-state index in [2.05, 4.69) is 74.2 Å². The van der Waals surface area contributed by atoms with Gasteiger partial charge in [-0.15, -0.1) is 35.7 Å². The Morgan fingerprint density at radius 2 is 1.54 bits per heavy atom. The van der Waals surface area contributed by atoms with E-state index in [1.807, 2.05) is 71.6 Å². The zero-order valence-electron chi connectivity index (χ0n) is 26.0. The predicted molar refractivity (Wildman–Crippen MR) is 179 cm³/mol. The number of halogens is 1. The van der Waals surface area contributed by atoms with Crippen LogP contribution in [0.4, 0.5) is 15.8 Å². The Labute approximate surface area is 281 Å². The zero-order chi connectivity index (χ0) is 31.2.